The number of Topliss-reactive ketones (excluding diaryl/α,β-unsaturated/α-hetero) is 7. The Hall–Kier alpha value is -3.87. The third kappa shape index (κ3) is 68.1. The molecule has 2 rings (SSSR count). The molecule has 75 heavy (non-hydrogen) atoms. The third-order valence-electron chi connectivity index (χ3n) is 10.5. The van der Waals surface area contributed by atoms with Crippen molar-refractivity contribution in [2.75, 3.05) is 0 Å². The van der Waals surface area contributed by atoms with Crippen LogP contribution in [0.1, 0.15) is 248 Å². The van der Waals surface area contributed by atoms with Crippen molar-refractivity contribution >= 4 is 40.5 Å². The van der Waals surface area contributed by atoms with Crippen LogP contribution in [0.25, 0.3) is 0 Å². The Labute approximate surface area is 466 Å². The van der Waals surface area contributed by atoms with Gasteiger partial charge in [0.1, 0.15) is 40.5 Å². The topological polar surface area (TPSA) is 119 Å². The zero-order chi connectivity index (χ0) is 60.9. The molecule has 0 aliphatic heterocycles. The summed E-state index contributed by atoms with van der Waals surface area (Å²) < 4.78 is 0. The van der Waals surface area contributed by atoms with Crippen molar-refractivity contribution in [2.24, 2.45) is 71.0 Å². The van der Waals surface area contributed by atoms with E-state index in [1.165, 1.54) is 35.1 Å². The molecular formula is C68H124O7. The molecule has 0 aliphatic carbocycles. The summed E-state index contributed by atoms with van der Waals surface area (Å²) >= 11 is 0. The monoisotopic (exact) mass is 1050 g/mol. The van der Waals surface area contributed by atoms with E-state index in [0.29, 0.717) is 47.2 Å². The second-order valence-electron chi connectivity index (χ2n) is 24.2. The SMILES string of the molecule is CC(=O)CC(C)C.CC(=O)CC(C)C.CC(C)C(=O)C(C)C.CC(C)C(=O)C(C)C.CC(C)C(=O)C(C)C.CCC(=O)C(C)C.CCCC(=O)C(C)C.Cc1ccc(CC(C)C)cc1.Cc1ccc(CC(C)C)cc1. The van der Waals surface area contributed by atoms with Gasteiger partial charge >= 0.3 is 0 Å². The molecule has 0 amide bonds. The maximum atomic E-state index is 10.8. The lowest BCUT2D eigenvalue weighted by Crippen LogP contribution is -2.13. The summed E-state index contributed by atoms with van der Waals surface area (Å²) in [6, 6.07) is 17.6. The van der Waals surface area contributed by atoms with E-state index in [1.807, 2.05) is 152 Å². The van der Waals surface area contributed by atoms with Crippen LogP contribution in [-0.2, 0) is 46.4 Å². The Morgan fingerprint density at radius 2 is 0.560 bits per heavy atom. The lowest BCUT2D eigenvalue weighted by Gasteiger charge is -2.05. The second kappa shape index (κ2) is 52.2. The van der Waals surface area contributed by atoms with Crippen LogP contribution >= 0.6 is 0 Å². The highest BCUT2D eigenvalue weighted by Gasteiger charge is 2.12. The summed E-state index contributed by atoms with van der Waals surface area (Å²) in [7, 11) is 0. The van der Waals surface area contributed by atoms with Gasteiger partial charge in [-0.2, -0.15) is 0 Å². The normalized spacial score (nSPS) is 10.3. The van der Waals surface area contributed by atoms with Crippen LogP contribution in [0.2, 0.25) is 0 Å². The summed E-state index contributed by atoms with van der Waals surface area (Å²) in [5.74, 6) is 6.61. The largest absolute Gasteiger partial charge is 0.300 e. The molecule has 2 aromatic rings. The second-order valence-corrected chi connectivity index (χ2v) is 24.2. The number of aryl methyl sites for hydroxylation is 2. The van der Waals surface area contributed by atoms with E-state index in [-0.39, 0.29) is 58.9 Å². The number of hydrogen-bond acceptors (Lipinski definition) is 7. The Morgan fingerprint density at radius 1 is 0.333 bits per heavy atom. The molecule has 0 aromatic heterocycles. The molecule has 438 valence electrons. The highest BCUT2D eigenvalue weighted by atomic mass is 16.1. The minimum absolute atomic E-state index is 0.204. The number of carbonyl (C=O) groups excluding carboxylic acids is 7. The zero-order valence-corrected chi connectivity index (χ0v) is 54.9. The Morgan fingerprint density at radius 3 is 0.640 bits per heavy atom. The summed E-state index contributed by atoms with van der Waals surface area (Å²) in [5, 5.41) is 0. The van der Waals surface area contributed by atoms with Gasteiger partial charge in [0.05, 0.1) is 0 Å². The number of benzene rings is 2. The third-order valence-corrected chi connectivity index (χ3v) is 10.5. The molecule has 0 saturated heterocycles. The van der Waals surface area contributed by atoms with Crippen molar-refractivity contribution in [3.8, 4) is 0 Å². The first-order valence-corrected chi connectivity index (χ1v) is 28.9. The Bertz CT molecular complexity index is 1560. The predicted molar refractivity (Wildman–Crippen MR) is 329 cm³/mol. The van der Waals surface area contributed by atoms with Gasteiger partial charge in [0.15, 0.2) is 0 Å². The van der Waals surface area contributed by atoms with Crippen LogP contribution in [0, 0.1) is 84.9 Å². The molecule has 0 saturated carbocycles. The zero-order valence-electron chi connectivity index (χ0n) is 54.9. The first-order valence-electron chi connectivity index (χ1n) is 28.9. The van der Waals surface area contributed by atoms with Crippen LogP contribution in [0.5, 0.6) is 0 Å². The van der Waals surface area contributed by atoms with E-state index in [9.17, 15) is 33.6 Å². The minimum atomic E-state index is 0.204. The molecule has 0 aliphatic rings. The summed E-state index contributed by atoms with van der Waals surface area (Å²) in [4.78, 5) is 74.3. The fourth-order valence-electron chi connectivity index (χ4n) is 6.48. The van der Waals surface area contributed by atoms with Gasteiger partial charge < -0.3 is 9.59 Å². The van der Waals surface area contributed by atoms with Gasteiger partial charge in [0, 0.05) is 73.0 Å². The molecular weight excluding hydrogens is 929 g/mol. The fourth-order valence-corrected chi connectivity index (χ4v) is 6.48. The average Bonchev–Trinajstić information content (AvgIpc) is 3.27. The van der Waals surface area contributed by atoms with E-state index < -0.39 is 0 Å². The molecule has 7 heteroatoms. The fraction of sp³-hybridized carbons (Fsp3) is 0.721. The maximum absolute atomic E-state index is 10.8. The minimum Gasteiger partial charge on any atom is -0.300 e. The number of rotatable bonds is 19. The molecule has 2 aromatic carbocycles. The van der Waals surface area contributed by atoms with Gasteiger partial charge in [-0.25, -0.2) is 0 Å². The molecule has 0 N–H and O–H groups in total. The van der Waals surface area contributed by atoms with Crippen molar-refractivity contribution < 1.29 is 33.6 Å². The van der Waals surface area contributed by atoms with Crippen molar-refractivity contribution in [2.45, 2.75) is 253 Å². The molecule has 0 atom stereocenters. The summed E-state index contributed by atoms with van der Waals surface area (Å²) in [6.07, 6.45) is 6.24. The number of hydrogen-bond donors (Lipinski definition) is 0. The van der Waals surface area contributed by atoms with Crippen molar-refractivity contribution in [3.05, 3.63) is 70.8 Å². The summed E-state index contributed by atoms with van der Waals surface area (Å²) in [6.45, 7) is 59.5. The van der Waals surface area contributed by atoms with Crippen LogP contribution < -0.4 is 0 Å². The first-order chi connectivity index (χ1) is 34.1. The highest BCUT2D eigenvalue weighted by Crippen LogP contribution is 2.11. The molecule has 0 unspecified atom stereocenters. The first kappa shape index (κ1) is 85.1. The van der Waals surface area contributed by atoms with Gasteiger partial charge in [0.2, 0.25) is 0 Å². The van der Waals surface area contributed by atoms with Crippen molar-refractivity contribution in [3.63, 3.8) is 0 Å². The maximum Gasteiger partial charge on any atom is 0.137 e. The van der Waals surface area contributed by atoms with Crippen LogP contribution in [-0.4, -0.2) is 40.5 Å². The average molecular weight is 1050 g/mol. The lowest BCUT2D eigenvalue weighted by molar-refractivity contribution is -0.125. The van der Waals surface area contributed by atoms with E-state index in [2.05, 4.69) is 90.1 Å². The van der Waals surface area contributed by atoms with E-state index in [4.69, 9.17) is 0 Å². The van der Waals surface area contributed by atoms with Crippen LogP contribution in [0.3, 0.4) is 0 Å². The lowest BCUT2D eigenvalue weighted by atomic mass is 9.99. The van der Waals surface area contributed by atoms with Crippen molar-refractivity contribution in [1.29, 1.82) is 0 Å². The Kier molecular flexibility index (Phi) is 59.2. The van der Waals surface area contributed by atoms with Crippen LogP contribution in [0.4, 0.5) is 0 Å². The summed E-state index contributed by atoms with van der Waals surface area (Å²) in [5.41, 5.74) is 5.59. The quantitative estimate of drug-likeness (QED) is 0.137. The molecule has 7 nitrogen and oxygen atoms in total. The van der Waals surface area contributed by atoms with Gasteiger partial charge in [-0.15, -0.1) is 0 Å². The standard InChI is InChI=1S/2C11H16.4C7H14O.3C6H12O/c2*1-9(2)8-11-6-4-10(3)5-7-11;3*1-5(2)7(8)6(3)4;1-4-5-7(8)6(2)3;2*1-5(2)4-6(3)7;1-4-6(7)5(2)3/h2*4-7,9H,8H2,1-3H3;3*5-6H,1-4H3;6H,4-5H2,1-3H3;3*5H,4H2,1-3H3. The molecule has 0 spiro atoms. The molecule has 0 radical (unpaired) electrons. The molecule has 0 heterocycles. The Balaban J connectivity index is -0.000000140. The number of ketones is 7. The van der Waals surface area contributed by atoms with Gasteiger partial charge in [0.25, 0.3) is 0 Å². The van der Waals surface area contributed by atoms with Gasteiger partial charge in [-0.3, -0.25) is 24.0 Å². The molecule has 0 bridgehead atoms. The van der Waals surface area contributed by atoms with E-state index in [1.54, 1.807) is 13.8 Å². The van der Waals surface area contributed by atoms with Gasteiger partial charge in [-0.1, -0.05) is 240 Å². The van der Waals surface area contributed by atoms with Crippen molar-refractivity contribution in [1.82, 2.24) is 0 Å². The van der Waals surface area contributed by atoms with E-state index >= 15 is 0 Å². The molecule has 0 fully saturated rings. The van der Waals surface area contributed by atoms with E-state index in [0.717, 1.165) is 37.5 Å². The van der Waals surface area contributed by atoms with Gasteiger partial charge in [-0.05, 0) is 81.8 Å². The smallest absolute Gasteiger partial charge is 0.137 e. The number of carbonyl (C=O) groups is 7. The predicted octanol–water partition coefficient (Wildman–Crippen LogP) is 18.9. The van der Waals surface area contributed by atoms with Crippen LogP contribution in [0.15, 0.2) is 48.5 Å². The highest BCUT2D eigenvalue weighted by molar-refractivity contribution is 5.83.